The Kier molecular flexibility index (Phi) is 5.40. The second-order valence-corrected chi connectivity index (χ2v) is 6.57. The van der Waals surface area contributed by atoms with Crippen molar-refractivity contribution < 1.29 is 4.79 Å². The molecule has 1 N–H and O–H groups in total. The van der Waals surface area contributed by atoms with Gasteiger partial charge in [-0.1, -0.05) is 23.9 Å². The molecule has 3 rings (SSSR count). The molecular weight excluding hydrogens is 332 g/mol. The van der Waals surface area contributed by atoms with Crippen molar-refractivity contribution in [1.29, 1.82) is 0 Å². The predicted octanol–water partition coefficient (Wildman–Crippen LogP) is 3.89. The van der Waals surface area contributed by atoms with Gasteiger partial charge in [0.1, 0.15) is 5.03 Å². The number of nitrogens with one attached hydrogen (secondary N) is 1. The van der Waals surface area contributed by atoms with Gasteiger partial charge in [-0.2, -0.15) is 0 Å². The highest BCUT2D eigenvalue weighted by molar-refractivity contribution is 7.99. The van der Waals surface area contributed by atoms with Crippen LogP contribution in [-0.2, 0) is 4.79 Å². The number of benzene rings is 1. The number of amides is 1. The number of hydrogen-bond acceptors (Lipinski definition) is 5. The van der Waals surface area contributed by atoms with Crippen molar-refractivity contribution in [3.05, 3.63) is 66.0 Å². The Balaban J connectivity index is 1.58. The van der Waals surface area contributed by atoms with E-state index in [4.69, 9.17) is 0 Å². The van der Waals surface area contributed by atoms with Crippen LogP contribution in [0.3, 0.4) is 0 Å². The van der Waals surface area contributed by atoms with E-state index in [9.17, 15) is 4.79 Å². The highest BCUT2D eigenvalue weighted by atomic mass is 32.2. The number of pyridine rings is 1. The molecule has 0 saturated heterocycles. The number of carbonyl (C=O) groups excluding carboxylic acids is 1. The molecule has 2 aromatic heterocycles. The average Bonchev–Trinajstić information content (AvgIpc) is 2.65. The zero-order valence-corrected chi connectivity index (χ0v) is 14.9. The van der Waals surface area contributed by atoms with Gasteiger partial charge in [-0.3, -0.25) is 9.78 Å². The highest BCUT2D eigenvalue weighted by Crippen LogP contribution is 2.21. The van der Waals surface area contributed by atoms with E-state index in [1.54, 1.807) is 12.4 Å². The molecule has 5 nitrogen and oxygen atoms in total. The third kappa shape index (κ3) is 4.42. The molecule has 0 bridgehead atoms. The van der Waals surface area contributed by atoms with E-state index < -0.39 is 0 Å². The van der Waals surface area contributed by atoms with E-state index in [0.29, 0.717) is 5.03 Å². The van der Waals surface area contributed by atoms with Gasteiger partial charge >= 0.3 is 0 Å². The molecule has 0 aliphatic rings. The molecule has 1 aromatic carbocycles. The van der Waals surface area contributed by atoms with Gasteiger partial charge in [-0.25, -0.2) is 0 Å². The topological polar surface area (TPSA) is 67.8 Å². The largest absolute Gasteiger partial charge is 0.325 e. The minimum Gasteiger partial charge on any atom is -0.325 e. The first kappa shape index (κ1) is 17.1. The molecular formula is C19H18N4OS. The molecule has 1 amide bonds. The molecule has 0 saturated carbocycles. The lowest BCUT2D eigenvalue weighted by atomic mass is 10.1. The fraction of sp³-hybridized carbons (Fsp3) is 0.158. The molecule has 126 valence electrons. The molecule has 0 aliphatic heterocycles. The van der Waals surface area contributed by atoms with Crippen LogP contribution >= 0.6 is 11.8 Å². The lowest BCUT2D eigenvalue weighted by Crippen LogP contribution is -2.15. The van der Waals surface area contributed by atoms with Gasteiger partial charge in [0.15, 0.2) is 0 Å². The number of thioether (sulfide) groups is 1. The van der Waals surface area contributed by atoms with Crippen molar-refractivity contribution in [3.63, 3.8) is 0 Å². The smallest absolute Gasteiger partial charge is 0.234 e. The predicted molar refractivity (Wildman–Crippen MR) is 101 cm³/mol. The second-order valence-electron chi connectivity index (χ2n) is 5.58. The number of aromatic nitrogens is 3. The lowest BCUT2D eigenvalue weighted by molar-refractivity contribution is -0.113. The summed E-state index contributed by atoms with van der Waals surface area (Å²) in [6.07, 6.45) is 3.44. The van der Waals surface area contributed by atoms with Gasteiger partial charge in [0.25, 0.3) is 0 Å². The third-order valence-electron chi connectivity index (χ3n) is 3.85. The van der Waals surface area contributed by atoms with Crippen molar-refractivity contribution in [3.8, 4) is 11.3 Å². The van der Waals surface area contributed by atoms with E-state index >= 15 is 0 Å². The number of nitrogens with zero attached hydrogens (tertiary/aromatic N) is 3. The summed E-state index contributed by atoms with van der Waals surface area (Å²) in [5.41, 5.74) is 4.84. The fourth-order valence-electron chi connectivity index (χ4n) is 2.29. The summed E-state index contributed by atoms with van der Waals surface area (Å²) in [5, 5.41) is 12.0. The Bertz CT molecular complexity index is 866. The van der Waals surface area contributed by atoms with Crippen LogP contribution in [0.4, 0.5) is 5.69 Å². The Morgan fingerprint density at radius 1 is 1.04 bits per heavy atom. The third-order valence-corrected chi connectivity index (χ3v) is 4.77. The molecule has 0 aliphatic carbocycles. The summed E-state index contributed by atoms with van der Waals surface area (Å²) in [6.45, 7) is 4.03. The van der Waals surface area contributed by atoms with E-state index in [2.05, 4.69) is 20.5 Å². The van der Waals surface area contributed by atoms with Gasteiger partial charge in [0, 0.05) is 23.6 Å². The number of anilines is 1. The van der Waals surface area contributed by atoms with Crippen molar-refractivity contribution in [2.24, 2.45) is 0 Å². The van der Waals surface area contributed by atoms with E-state index in [0.717, 1.165) is 28.1 Å². The minimum atomic E-state index is -0.0567. The quantitative estimate of drug-likeness (QED) is 0.707. The number of rotatable bonds is 5. The molecule has 0 spiro atoms. The van der Waals surface area contributed by atoms with Gasteiger partial charge in [0.05, 0.1) is 11.4 Å². The highest BCUT2D eigenvalue weighted by Gasteiger charge is 2.08. The summed E-state index contributed by atoms with van der Waals surface area (Å²) in [7, 11) is 0. The Morgan fingerprint density at radius 2 is 1.84 bits per heavy atom. The summed E-state index contributed by atoms with van der Waals surface area (Å²) < 4.78 is 0. The van der Waals surface area contributed by atoms with Crippen molar-refractivity contribution >= 4 is 23.4 Å². The van der Waals surface area contributed by atoms with E-state index in [1.165, 1.54) is 11.8 Å². The maximum Gasteiger partial charge on any atom is 0.234 e. The number of hydrogen-bond donors (Lipinski definition) is 1. The van der Waals surface area contributed by atoms with Gasteiger partial charge in [-0.05, 0) is 55.3 Å². The zero-order valence-electron chi connectivity index (χ0n) is 14.1. The Hall–Kier alpha value is -2.73. The summed E-state index contributed by atoms with van der Waals surface area (Å²) in [4.78, 5) is 16.1. The van der Waals surface area contributed by atoms with Gasteiger partial charge in [0.2, 0.25) is 5.91 Å². The molecule has 2 heterocycles. The van der Waals surface area contributed by atoms with Crippen molar-refractivity contribution in [2.45, 2.75) is 18.9 Å². The lowest BCUT2D eigenvalue weighted by Gasteiger charge is -2.10. The molecule has 0 fully saturated rings. The SMILES string of the molecule is Cc1cccc(NC(=O)CSc2ccc(-c3ccncc3)nn2)c1C. The molecule has 0 atom stereocenters. The first-order valence-electron chi connectivity index (χ1n) is 7.86. The Labute approximate surface area is 150 Å². The van der Waals surface area contributed by atoms with Crippen LogP contribution in [0, 0.1) is 13.8 Å². The van der Waals surface area contributed by atoms with Gasteiger partial charge < -0.3 is 5.32 Å². The fourth-order valence-corrected chi connectivity index (χ4v) is 2.90. The minimum absolute atomic E-state index is 0.0567. The van der Waals surface area contributed by atoms with Gasteiger partial charge in [-0.15, -0.1) is 10.2 Å². The zero-order chi connectivity index (χ0) is 17.6. The maximum atomic E-state index is 12.2. The first-order chi connectivity index (χ1) is 12.1. The van der Waals surface area contributed by atoms with Crippen LogP contribution in [-0.4, -0.2) is 26.8 Å². The average molecular weight is 350 g/mol. The van der Waals surface area contributed by atoms with Crippen LogP contribution in [0.15, 0.2) is 59.9 Å². The standard InChI is InChI=1S/C19H18N4OS/c1-13-4-3-5-16(14(13)2)21-18(24)12-25-19-7-6-17(22-23-19)15-8-10-20-11-9-15/h3-11H,12H2,1-2H3,(H,21,24). The summed E-state index contributed by atoms with van der Waals surface area (Å²) >= 11 is 1.36. The van der Waals surface area contributed by atoms with Crippen LogP contribution in [0.2, 0.25) is 0 Å². The summed E-state index contributed by atoms with van der Waals surface area (Å²) in [6, 6.07) is 13.4. The van der Waals surface area contributed by atoms with Crippen molar-refractivity contribution in [2.75, 3.05) is 11.1 Å². The molecule has 0 radical (unpaired) electrons. The molecule has 25 heavy (non-hydrogen) atoms. The second kappa shape index (κ2) is 7.90. The maximum absolute atomic E-state index is 12.2. The molecule has 3 aromatic rings. The summed E-state index contributed by atoms with van der Waals surface area (Å²) in [5.74, 6) is 0.232. The van der Waals surface area contributed by atoms with Crippen LogP contribution in [0.1, 0.15) is 11.1 Å². The van der Waals surface area contributed by atoms with E-state index in [-0.39, 0.29) is 11.7 Å². The van der Waals surface area contributed by atoms with Crippen molar-refractivity contribution in [1.82, 2.24) is 15.2 Å². The van der Waals surface area contributed by atoms with E-state index in [1.807, 2.05) is 56.3 Å². The van der Waals surface area contributed by atoms with Crippen LogP contribution in [0.25, 0.3) is 11.3 Å². The van der Waals surface area contributed by atoms with Crippen LogP contribution < -0.4 is 5.32 Å². The Morgan fingerprint density at radius 3 is 2.56 bits per heavy atom. The monoisotopic (exact) mass is 350 g/mol. The first-order valence-corrected chi connectivity index (χ1v) is 8.85. The number of aryl methyl sites for hydroxylation is 1. The van der Waals surface area contributed by atoms with Crippen LogP contribution in [0.5, 0.6) is 0 Å². The molecule has 0 unspecified atom stereocenters. The molecule has 6 heteroatoms. The normalized spacial score (nSPS) is 10.5. The number of carbonyl (C=O) groups is 1.